The van der Waals surface area contributed by atoms with Crippen LogP contribution < -0.4 is 0 Å². The van der Waals surface area contributed by atoms with E-state index in [4.69, 9.17) is 4.74 Å². The van der Waals surface area contributed by atoms with Crippen LogP contribution in [0.3, 0.4) is 0 Å². The second kappa shape index (κ2) is 5.58. The monoisotopic (exact) mass is 331 g/mol. The Hall–Kier alpha value is -1.43. The van der Waals surface area contributed by atoms with Crippen LogP contribution in [-0.2, 0) is 14.8 Å². The van der Waals surface area contributed by atoms with E-state index < -0.39 is 10.0 Å². The summed E-state index contributed by atoms with van der Waals surface area (Å²) < 4.78 is 33.9. The average molecular weight is 331 g/mol. The Morgan fingerprint density at radius 1 is 1.00 bits per heavy atom. The van der Waals surface area contributed by atoms with Crippen LogP contribution in [0.15, 0.2) is 47.4 Å². The molecule has 2 aliphatic rings. The van der Waals surface area contributed by atoms with E-state index in [2.05, 4.69) is 0 Å². The Bertz CT molecular complexity index is 814. The lowest BCUT2D eigenvalue weighted by Gasteiger charge is -2.37. The van der Waals surface area contributed by atoms with E-state index >= 15 is 0 Å². The molecular weight excluding hydrogens is 310 g/mol. The minimum Gasteiger partial charge on any atom is -0.381 e. The van der Waals surface area contributed by atoms with E-state index in [1.807, 2.05) is 36.4 Å². The normalized spacial score (nSPS) is 28.3. The van der Waals surface area contributed by atoms with Crippen LogP contribution >= 0.6 is 0 Å². The van der Waals surface area contributed by atoms with Crippen LogP contribution in [0.5, 0.6) is 0 Å². The molecule has 0 amide bonds. The number of hydrogen-bond acceptors (Lipinski definition) is 3. The maximum Gasteiger partial charge on any atom is 0.244 e. The fraction of sp³-hybridized carbons (Fsp3) is 0.444. The van der Waals surface area contributed by atoms with Gasteiger partial charge in [-0.05, 0) is 37.1 Å². The van der Waals surface area contributed by atoms with E-state index in [9.17, 15) is 8.42 Å². The van der Waals surface area contributed by atoms with Crippen molar-refractivity contribution in [1.82, 2.24) is 4.31 Å². The van der Waals surface area contributed by atoms with Gasteiger partial charge in [0, 0.05) is 24.6 Å². The van der Waals surface area contributed by atoms with Gasteiger partial charge in [0.2, 0.25) is 10.0 Å². The molecule has 122 valence electrons. The molecule has 0 saturated carbocycles. The number of rotatable bonds is 3. The first kappa shape index (κ1) is 15.1. The predicted molar refractivity (Wildman–Crippen MR) is 89.8 cm³/mol. The molecule has 2 bridgehead atoms. The molecule has 2 saturated heterocycles. The van der Waals surface area contributed by atoms with E-state index in [1.165, 1.54) is 0 Å². The second-order valence-electron chi connectivity index (χ2n) is 6.53. The zero-order chi connectivity index (χ0) is 16.0. The van der Waals surface area contributed by atoms with E-state index in [1.54, 1.807) is 17.5 Å². The SMILES string of the molecule is COC1CC2CCC(C1)N2S(=O)(=O)c1cccc2ccccc12. The van der Waals surface area contributed by atoms with Crippen molar-refractivity contribution in [2.45, 2.75) is 48.8 Å². The summed E-state index contributed by atoms with van der Waals surface area (Å²) in [5.41, 5.74) is 0. The molecule has 2 fully saturated rings. The van der Waals surface area contributed by atoms with E-state index in [0.29, 0.717) is 4.90 Å². The van der Waals surface area contributed by atoms with Crippen LogP contribution in [0.1, 0.15) is 25.7 Å². The second-order valence-corrected chi connectivity index (χ2v) is 8.34. The summed E-state index contributed by atoms with van der Waals surface area (Å²) in [5, 5.41) is 1.77. The van der Waals surface area contributed by atoms with Crippen LogP contribution in [0.4, 0.5) is 0 Å². The molecule has 0 spiro atoms. The molecule has 0 radical (unpaired) electrons. The first-order chi connectivity index (χ1) is 11.1. The molecule has 0 N–H and O–H groups in total. The minimum atomic E-state index is -3.48. The molecule has 2 unspecified atom stereocenters. The number of nitrogens with zero attached hydrogens (tertiary/aromatic N) is 1. The van der Waals surface area contributed by atoms with Gasteiger partial charge in [-0.25, -0.2) is 8.42 Å². The Balaban J connectivity index is 1.79. The van der Waals surface area contributed by atoms with Crippen LogP contribution in [0.25, 0.3) is 10.8 Å². The van der Waals surface area contributed by atoms with Crippen molar-refractivity contribution < 1.29 is 13.2 Å². The van der Waals surface area contributed by atoms with Crippen molar-refractivity contribution in [1.29, 1.82) is 0 Å². The Morgan fingerprint density at radius 3 is 2.35 bits per heavy atom. The van der Waals surface area contributed by atoms with Crippen molar-refractivity contribution in [3.63, 3.8) is 0 Å². The molecule has 5 heteroatoms. The van der Waals surface area contributed by atoms with Crippen molar-refractivity contribution in [3.05, 3.63) is 42.5 Å². The number of hydrogen-bond donors (Lipinski definition) is 0. The van der Waals surface area contributed by atoms with E-state index in [0.717, 1.165) is 36.5 Å². The lowest BCUT2D eigenvalue weighted by atomic mass is 10.0. The van der Waals surface area contributed by atoms with Gasteiger partial charge in [-0.1, -0.05) is 36.4 Å². The van der Waals surface area contributed by atoms with E-state index in [-0.39, 0.29) is 18.2 Å². The van der Waals surface area contributed by atoms with Crippen LogP contribution in [0, 0.1) is 0 Å². The highest BCUT2D eigenvalue weighted by atomic mass is 32.2. The zero-order valence-electron chi connectivity index (χ0n) is 13.2. The highest BCUT2D eigenvalue weighted by Gasteiger charge is 2.47. The fourth-order valence-electron chi connectivity index (χ4n) is 4.20. The van der Waals surface area contributed by atoms with Gasteiger partial charge in [-0.2, -0.15) is 4.31 Å². The molecule has 2 aliphatic heterocycles. The van der Waals surface area contributed by atoms with Gasteiger partial charge in [0.15, 0.2) is 0 Å². The summed E-state index contributed by atoms with van der Waals surface area (Å²) in [6.07, 6.45) is 3.67. The molecule has 0 aliphatic carbocycles. The van der Waals surface area contributed by atoms with Gasteiger partial charge in [0.25, 0.3) is 0 Å². The first-order valence-electron chi connectivity index (χ1n) is 8.15. The maximum absolute atomic E-state index is 13.3. The molecule has 2 atom stereocenters. The van der Waals surface area contributed by atoms with Gasteiger partial charge < -0.3 is 4.74 Å². The Morgan fingerprint density at radius 2 is 1.65 bits per heavy atom. The summed E-state index contributed by atoms with van der Waals surface area (Å²) in [6, 6.07) is 13.4. The topological polar surface area (TPSA) is 46.6 Å². The highest BCUT2D eigenvalue weighted by Crippen LogP contribution is 2.41. The van der Waals surface area contributed by atoms with Gasteiger partial charge in [-0.3, -0.25) is 0 Å². The quantitative estimate of drug-likeness (QED) is 0.868. The molecule has 23 heavy (non-hydrogen) atoms. The predicted octanol–water partition coefficient (Wildman–Crippen LogP) is 3.17. The summed E-state index contributed by atoms with van der Waals surface area (Å²) in [7, 11) is -1.76. The number of fused-ring (bicyclic) bond motifs is 3. The van der Waals surface area contributed by atoms with Crippen LogP contribution in [-0.4, -0.2) is 38.0 Å². The lowest BCUT2D eigenvalue weighted by Crippen LogP contribution is -2.48. The third-order valence-corrected chi connectivity index (χ3v) is 7.32. The molecule has 4 nitrogen and oxygen atoms in total. The lowest BCUT2D eigenvalue weighted by molar-refractivity contribution is 0.0349. The molecule has 2 heterocycles. The summed E-state index contributed by atoms with van der Waals surface area (Å²) >= 11 is 0. The molecule has 0 aromatic heterocycles. The van der Waals surface area contributed by atoms with Crippen molar-refractivity contribution in [2.75, 3.05) is 7.11 Å². The van der Waals surface area contributed by atoms with Crippen molar-refractivity contribution in [3.8, 4) is 0 Å². The number of benzene rings is 2. The number of sulfonamides is 1. The molecule has 2 aromatic rings. The molecule has 2 aromatic carbocycles. The third kappa shape index (κ3) is 2.38. The maximum atomic E-state index is 13.3. The Labute approximate surface area is 137 Å². The number of ether oxygens (including phenoxy) is 1. The summed E-state index contributed by atoms with van der Waals surface area (Å²) in [6.45, 7) is 0. The zero-order valence-corrected chi connectivity index (χ0v) is 14.0. The third-order valence-electron chi connectivity index (χ3n) is 5.26. The van der Waals surface area contributed by atoms with Crippen molar-refractivity contribution >= 4 is 20.8 Å². The standard InChI is InChI=1S/C18H21NO3S/c1-22-16-11-14-9-10-15(12-16)19(14)23(20,21)18-8-4-6-13-5-2-3-7-17(13)18/h2-8,14-16H,9-12H2,1H3. The Kier molecular flexibility index (Phi) is 3.67. The van der Waals surface area contributed by atoms with Gasteiger partial charge >= 0.3 is 0 Å². The van der Waals surface area contributed by atoms with Gasteiger partial charge in [0.1, 0.15) is 0 Å². The highest BCUT2D eigenvalue weighted by molar-refractivity contribution is 7.89. The molecular formula is C18H21NO3S. The first-order valence-corrected chi connectivity index (χ1v) is 9.59. The minimum absolute atomic E-state index is 0.0719. The van der Waals surface area contributed by atoms with Crippen molar-refractivity contribution in [2.24, 2.45) is 0 Å². The largest absolute Gasteiger partial charge is 0.381 e. The summed E-state index contributed by atoms with van der Waals surface area (Å²) in [4.78, 5) is 0.434. The smallest absolute Gasteiger partial charge is 0.244 e. The van der Waals surface area contributed by atoms with Crippen LogP contribution in [0.2, 0.25) is 0 Å². The fourth-order valence-corrected chi connectivity index (χ4v) is 6.31. The summed E-state index contributed by atoms with van der Waals surface area (Å²) in [5.74, 6) is 0. The van der Waals surface area contributed by atoms with Gasteiger partial charge in [-0.15, -0.1) is 0 Å². The molecule has 4 rings (SSSR count). The number of piperidine rings is 1. The average Bonchev–Trinajstić information content (AvgIpc) is 2.86. The number of methoxy groups -OCH3 is 1. The van der Waals surface area contributed by atoms with Gasteiger partial charge in [0.05, 0.1) is 11.0 Å².